The smallest absolute Gasteiger partial charge is 0.131 e. The summed E-state index contributed by atoms with van der Waals surface area (Å²) in [5, 5.41) is 10.8. The van der Waals surface area contributed by atoms with E-state index in [1.807, 2.05) is 24.3 Å². The largest absolute Gasteiger partial charge is 0.490 e. The SMILES string of the molecule is OC(c1cccc(OC2CC2)c1)c1ncc(Cl)s1. The van der Waals surface area contributed by atoms with E-state index in [0.29, 0.717) is 15.4 Å². The lowest BCUT2D eigenvalue weighted by Crippen LogP contribution is -2.01. The van der Waals surface area contributed by atoms with Gasteiger partial charge in [-0.1, -0.05) is 23.7 Å². The Morgan fingerprint density at radius 1 is 1.44 bits per heavy atom. The summed E-state index contributed by atoms with van der Waals surface area (Å²) in [4.78, 5) is 4.09. The van der Waals surface area contributed by atoms with Crippen LogP contribution in [0.4, 0.5) is 0 Å². The molecule has 0 bridgehead atoms. The summed E-state index contributed by atoms with van der Waals surface area (Å²) in [5.41, 5.74) is 0.777. The maximum Gasteiger partial charge on any atom is 0.131 e. The van der Waals surface area contributed by atoms with Gasteiger partial charge in [-0.3, -0.25) is 0 Å². The van der Waals surface area contributed by atoms with Gasteiger partial charge in [0, 0.05) is 0 Å². The van der Waals surface area contributed by atoms with Gasteiger partial charge in [0.05, 0.1) is 12.3 Å². The Morgan fingerprint density at radius 3 is 2.94 bits per heavy atom. The Kier molecular flexibility index (Phi) is 3.24. The molecule has 1 aliphatic rings. The lowest BCUT2D eigenvalue weighted by Gasteiger charge is -2.10. The second kappa shape index (κ2) is 4.88. The summed E-state index contributed by atoms with van der Waals surface area (Å²) in [6, 6.07) is 7.51. The van der Waals surface area contributed by atoms with Gasteiger partial charge in [0.2, 0.25) is 0 Å². The van der Waals surface area contributed by atoms with E-state index in [-0.39, 0.29) is 0 Å². The van der Waals surface area contributed by atoms with Crippen LogP contribution in [0, 0.1) is 0 Å². The Labute approximate surface area is 114 Å². The van der Waals surface area contributed by atoms with E-state index in [0.717, 1.165) is 24.2 Å². The summed E-state index contributed by atoms with van der Waals surface area (Å²) in [6.45, 7) is 0. The summed E-state index contributed by atoms with van der Waals surface area (Å²) < 4.78 is 6.28. The van der Waals surface area contributed by atoms with E-state index in [9.17, 15) is 5.11 Å². The highest BCUT2D eigenvalue weighted by atomic mass is 35.5. The zero-order valence-electron chi connectivity index (χ0n) is 9.54. The predicted molar refractivity (Wildman–Crippen MR) is 71.3 cm³/mol. The van der Waals surface area contributed by atoms with Crippen LogP contribution in [0.1, 0.15) is 29.5 Å². The van der Waals surface area contributed by atoms with Crippen LogP contribution in [0.15, 0.2) is 30.5 Å². The second-order valence-electron chi connectivity index (χ2n) is 4.29. The molecule has 0 spiro atoms. The molecular formula is C13H12ClNO2S. The highest BCUT2D eigenvalue weighted by molar-refractivity contribution is 7.15. The number of aliphatic hydroxyl groups is 1. The minimum Gasteiger partial charge on any atom is -0.490 e. The van der Waals surface area contributed by atoms with Gasteiger partial charge in [0.25, 0.3) is 0 Å². The molecule has 1 aromatic carbocycles. The molecule has 18 heavy (non-hydrogen) atoms. The van der Waals surface area contributed by atoms with Crippen LogP contribution >= 0.6 is 22.9 Å². The summed E-state index contributed by atoms with van der Waals surface area (Å²) in [5.74, 6) is 0.803. The highest BCUT2D eigenvalue weighted by Gasteiger charge is 2.24. The molecule has 0 saturated heterocycles. The van der Waals surface area contributed by atoms with Crippen molar-refractivity contribution in [1.29, 1.82) is 0 Å². The number of thiazole rings is 1. The second-order valence-corrected chi connectivity index (χ2v) is 5.99. The van der Waals surface area contributed by atoms with E-state index in [2.05, 4.69) is 4.98 Å². The van der Waals surface area contributed by atoms with Crippen LogP contribution in [-0.4, -0.2) is 16.2 Å². The van der Waals surface area contributed by atoms with Gasteiger partial charge in [-0.15, -0.1) is 11.3 Å². The molecule has 3 rings (SSSR count). The summed E-state index contributed by atoms with van der Waals surface area (Å²) in [7, 11) is 0. The molecule has 0 aliphatic heterocycles. The minimum atomic E-state index is -0.745. The van der Waals surface area contributed by atoms with Crippen LogP contribution in [0.5, 0.6) is 5.75 Å². The van der Waals surface area contributed by atoms with E-state index in [1.54, 1.807) is 6.20 Å². The molecule has 94 valence electrons. The van der Waals surface area contributed by atoms with Crippen molar-refractivity contribution in [3.05, 3.63) is 45.4 Å². The van der Waals surface area contributed by atoms with Crippen molar-refractivity contribution >= 4 is 22.9 Å². The maximum atomic E-state index is 10.2. The van der Waals surface area contributed by atoms with Crippen molar-refractivity contribution in [3.8, 4) is 5.75 Å². The third-order valence-corrected chi connectivity index (χ3v) is 3.90. The fourth-order valence-electron chi connectivity index (χ4n) is 1.67. The number of ether oxygens (including phenoxy) is 1. The molecule has 1 aromatic heterocycles. The monoisotopic (exact) mass is 281 g/mol. The van der Waals surface area contributed by atoms with Gasteiger partial charge in [0.1, 0.15) is 21.2 Å². The van der Waals surface area contributed by atoms with Gasteiger partial charge in [-0.05, 0) is 30.5 Å². The zero-order valence-corrected chi connectivity index (χ0v) is 11.1. The normalized spacial score (nSPS) is 16.6. The summed E-state index contributed by atoms with van der Waals surface area (Å²) >= 11 is 7.11. The van der Waals surface area contributed by atoms with Crippen LogP contribution in [-0.2, 0) is 0 Å². The average molecular weight is 282 g/mol. The number of benzene rings is 1. The van der Waals surface area contributed by atoms with Gasteiger partial charge in [-0.25, -0.2) is 4.98 Å². The van der Waals surface area contributed by atoms with Gasteiger partial charge in [-0.2, -0.15) is 0 Å². The van der Waals surface area contributed by atoms with Crippen LogP contribution in [0.2, 0.25) is 4.34 Å². The van der Waals surface area contributed by atoms with Crippen molar-refractivity contribution in [2.75, 3.05) is 0 Å². The van der Waals surface area contributed by atoms with Gasteiger partial charge >= 0.3 is 0 Å². The molecular weight excluding hydrogens is 270 g/mol. The Balaban J connectivity index is 1.81. The third kappa shape index (κ3) is 2.66. The average Bonchev–Trinajstić information content (AvgIpc) is 3.08. The Hall–Kier alpha value is -1.10. The summed E-state index contributed by atoms with van der Waals surface area (Å²) in [6.07, 6.45) is 3.40. The topological polar surface area (TPSA) is 42.4 Å². The van der Waals surface area contributed by atoms with Crippen molar-refractivity contribution < 1.29 is 9.84 Å². The number of rotatable bonds is 4. The minimum absolute atomic E-state index is 0.353. The van der Waals surface area contributed by atoms with Gasteiger partial charge < -0.3 is 9.84 Å². The first kappa shape index (κ1) is 12.0. The third-order valence-electron chi connectivity index (χ3n) is 2.73. The maximum absolute atomic E-state index is 10.2. The van der Waals surface area contributed by atoms with E-state index >= 15 is 0 Å². The molecule has 0 amide bonds. The molecule has 1 fully saturated rings. The quantitative estimate of drug-likeness (QED) is 0.934. The van der Waals surface area contributed by atoms with Crippen molar-refractivity contribution in [2.24, 2.45) is 0 Å². The molecule has 3 nitrogen and oxygen atoms in total. The molecule has 0 radical (unpaired) electrons. The van der Waals surface area contributed by atoms with Crippen molar-refractivity contribution in [2.45, 2.75) is 25.0 Å². The Morgan fingerprint density at radius 2 is 2.28 bits per heavy atom. The predicted octanol–water partition coefficient (Wildman–Crippen LogP) is 3.42. The molecule has 2 aromatic rings. The van der Waals surface area contributed by atoms with Crippen molar-refractivity contribution in [1.82, 2.24) is 4.98 Å². The first-order valence-corrected chi connectivity index (χ1v) is 6.98. The number of aliphatic hydroxyl groups excluding tert-OH is 1. The standard InChI is InChI=1S/C13H12ClNO2S/c14-11-7-15-13(18-11)12(16)8-2-1-3-10(6-8)17-9-4-5-9/h1-3,6-7,9,12,16H,4-5H2. The number of halogens is 1. The van der Waals surface area contributed by atoms with Crippen molar-refractivity contribution in [3.63, 3.8) is 0 Å². The van der Waals surface area contributed by atoms with E-state index in [1.165, 1.54) is 11.3 Å². The Bertz CT molecular complexity index is 553. The number of nitrogens with zero attached hydrogens (tertiary/aromatic N) is 1. The molecule has 1 N–H and O–H groups in total. The first-order chi connectivity index (χ1) is 8.72. The van der Waals surface area contributed by atoms with E-state index in [4.69, 9.17) is 16.3 Å². The fourth-order valence-corrected chi connectivity index (χ4v) is 2.62. The lowest BCUT2D eigenvalue weighted by atomic mass is 10.1. The molecule has 5 heteroatoms. The first-order valence-electron chi connectivity index (χ1n) is 5.78. The highest BCUT2D eigenvalue weighted by Crippen LogP contribution is 2.32. The van der Waals surface area contributed by atoms with Crippen LogP contribution in [0.3, 0.4) is 0 Å². The van der Waals surface area contributed by atoms with Gasteiger partial charge in [0.15, 0.2) is 0 Å². The van der Waals surface area contributed by atoms with E-state index < -0.39 is 6.10 Å². The lowest BCUT2D eigenvalue weighted by molar-refractivity contribution is 0.218. The number of hydrogen-bond donors (Lipinski definition) is 1. The fraction of sp³-hybridized carbons (Fsp3) is 0.308. The molecule has 1 heterocycles. The van der Waals surface area contributed by atoms with Crippen LogP contribution in [0.25, 0.3) is 0 Å². The molecule has 1 unspecified atom stereocenters. The van der Waals surface area contributed by atoms with Crippen LogP contribution < -0.4 is 4.74 Å². The molecule has 1 saturated carbocycles. The number of hydrogen-bond acceptors (Lipinski definition) is 4. The number of aromatic nitrogens is 1. The zero-order chi connectivity index (χ0) is 12.5. The molecule has 1 aliphatic carbocycles. The molecule has 1 atom stereocenters.